The van der Waals surface area contributed by atoms with Gasteiger partial charge in [-0.1, -0.05) is 31.3 Å². The summed E-state index contributed by atoms with van der Waals surface area (Å²) in [5, 5.41) is 6.64. The van der Waals surface area contributed by atoms with E-state index >= 15 is 0 Å². The van der Waals surface area contributed by atoms with Crippen LogP contribution in [0.3, 0.4) is 0 Å². The fraction of sp³-hybridized carbons (Fsp3) is 0.240. The zero-order valence-corrected chi connectivity index (χ0v) is 19.6. The molecule has 0 saturated heterocycles. The molecule has 0 unspecified atom stereocenters. The molecule has 4 aromatic rings. The summed E-state index contributed by atoms with van der Waals surface area (Å²) in [7, 11) is 0. The van der Waals surface area contributed by atoms with Crippen LogP contribution in [0.1, 0.15) is 29.8 Å². The number of ether oxygens (including phenoxy) is 2. The van der Waals surface area contributed by atoms with Crippen LogP contribution in [-0.4, -0.2) is 34.2 Å². The Morgan fingerprint density at radius 2 is 1.88 bits per heavy atom. The van der Waals surface area contributed by atoms with E-state index in [9.17, 15) is 9.59 Å². The molecule has 1 atom stereocenters. The van der Waals surface area contributed by atoms with E-state index in [1.807, 2.05) is 73.3 Å². The summed E-state index contributed by atoms with van der Waals surface area (Å²) in [6, 6.07) is 14.1. The summed E-state index contributed by atoms with van der Waals surface area (Å²) < 4.78 is 13.6. The van der Waals surface area contributed by atoms with Gasteiger partial charge in [-0.25, -0.2) is 4.98 Å². The van der Waals surface area contributed by atoms with E-state index in [1.54, 1.807) is 6.07 Å². The number of nitrogens with zero attached hydrogens (tertiary/aromatic N) is 2. The van der Waals surface area contributed by atoms with Gasteiger partial charge in [-0.05, 0) is 53.9 Å². The Labute approximate surface area is 200 Å². The predicted molar refractivity (Wildman–Crippen MR) is 129 cm³/mol. The van der Waals surface area contributed by atoms with Crippen molar-refractivity contribution in [3.8, 4) is 16.6 Å². The van der Waals surface area contributed by atoms with Crippen molar-refractivity contribution < 1.29 is 19.1 Å². The molecular weight excluding hydrogens is 452 g/mol. The first-order valence-electron chi connectivity index (χ1n) is 11.0. The van der Waals surface area contributed by atoms with Crippen molar-refractivity contribution in [1.29, 1.82) is 0 Å². The van der Waals surface area contributed by atoms with Crippen LogP contribution in [0.25, 0.3) is 15.3 Å². The highest BCUT2D eigenvalue weighted by atomic mass is 32.1. The van der Waals surface area contributed by atoms with E-state index in [0.29, 0.717) is 23.6 Å². The fourth-order valence-corrected chi connectivity index (χ4v) is 4.71. The van der Waals surface area contributed by atoms with E-state index in [-0.39, 0.29) is 24.5 Å². The lowest BCUT2D eigenvalue weighted by Crippen LogP contribution is -2.49. The lowest BCUT2D eigenvalue weighted by atomic mass is 10.0. The van der Waals surface area contributed by atoms with Gasteiger partial charge in [0.25, 0.3) is 5.91 Å². The quantitative estimate of drug-likeness (QED) is 0.422. The third kappa shape index (κ3) is 4.47. The van der Waals surface area contributed by atoms with E-state index in [1.165, 1.54) is 11.3 Å². The minimum absolute atomic E-state index is 0.0896. The van der Waals surface area contributed by atoms with Crippen molar-refractivity contribution in [3.63, 3.8) is 0 Å². The summed E-state index contributed by atoms with van der Waals surface area (Å²) in [5.41, 5.74) is 2.21. The Morgan fingerprint density at radius 3 is 2.68 bits per heavy atom. The van der Waals surface area contributed by atoms with Crippen LogP contribution in [0.4, 0.5) is 0 Å². The van der Waals surface area contributed by atoms with Gasteiger partial charge in [0.05, 0.1) is 10.2 Å². The maximum atomic E-state index is 13.0. The largest absolute Gasteiger partial charge is 0.454 e. The molecule has 0 aliphatic carbocycles. The zero-order chi connectivity index (χ0) is 23.7. The molecule has 2 aromatic carbocycles. The number of rotatable bonds is 7. The lowest BCUT2D eigenvalue weighted by Gasteiger charge is -2.22. The molecule has 0 spiro atoms. The number of fused-ring (bicyclic) bond motifs is 2. The van der Waals surface area contributed by atoms with Crippen LogP contribution in [-0.2, 0) is 11.3 Å². The summed E-state index contributed by atoms with van der Waals surface area (Å²) in [6.45, 7) is 4.33. The highest BCUT2D eigenvalue weighted by Gasteiger charge is 2.25. The van der Waals surface area contributed by atoms with Gasteiger partial charge < -0.3 is 24.7 Å². The second-order valence-electron chi connectivity index (χ2n) is 8.37. The van der Waals surface area contributed by atoms with Crippen LogP contribution in [0.5, 0.6) is 11.5 Å². The molecule has 0 saturated carbocycles. The van der Waals surface area contributed by atoms with Gasteiger partial charge in [-0.15, -0.1) is 0 Å². The second kappa shape index (κ2) is 9.18. The Kier molecular flexibility index (Phi) is 5.93. The molecule has 0 fully saturated rings. The average molecular weight is 477 g/mol. The van der Waals surface area contributed by atoms with E-state index in [4.69, 9.17) is 9.47 Å². The molecule has 0 bridgehead atoms. The standard InChI is InChI=1S/C25H24N4O4S/c1-15(2)22(24(31)26-13-16-5-8-19-20(11-16)33-14-32-19)28-23(30)17-6-7-18-21(12-17)34-25(27-18)29-9-3-4-10-29/h3-12,15,22H,13-14H2,1-2H3,(H,26,31)(H,28,30)/t22-/m0/s1. The highest BCUT2D eigenvalue weighted by molar-refractivity contribution is 7.20. The minimum atomic E-state index is -0.672. The Bertz CT molecular complexity index is 1350. The number of carbonyl (C=O) groups is 2. The van der Waals surface area contributed by atoms with E-state index < -0.39 is 6.04 Å². The number of thiazole rings is 1. The van der Waals surface area contributed by atoms with Crippen molar-refractivity contribution in [1.82, 2.24) is 20.2 Å². The van der Waals surface area contributed by atoms with Gasteiger partial charge >= 0.3 is 0 Å². The number of nitrogens with one attached hydrogen (secondary N) is 2. The predicted octanol–water partition coefficient (Wildman–Crippen LogP) is 3.89. The molecule has 5 rings (SSSR count). The monoisotopic (exact) mass is 476 g/mol. The van der Waals surface area contributed by atoms with Gasteiger partial charge in [0.15, 0.2) is 16.6 Å². The number of hydrogen-bond donors (Lipinski definition) is 2. The molecule has 9 heteroatoms. The molecule has 3 heterocycles. The smallest absolute Gasteiger partial charge is 0.251 e. The molecule has 2 aromatic heterocycles. The molecule has 2 N–H and O–H groups in total. The second-order valence-corrected chi connectivity index (χ2v) is 9.38. The summed E-state index contributed by atoms with van der Waals surface area (Å²) in [4.78, 5) is 30.5. The third-order valence-electron chi connectivity index (χ3n) is 5.60. The number of benzene rings is 2. The molecular formula is C25H24N4O4S. The first-order valence-corrected chi connectivity index (χ1v) is 11.8. The Hall–Kier alpha value is -3.85. The Balaban J connectivity index is 1.26. The maximum Gasteiger partial charge on any atom is 0.251 e. The number of hydrogen-bond acceptors (Lipinski definition) is 6. The van der Waals surface area contributed by atoms with Crippen LogP contribution in [0.15, 0.2) is 60.9 Å². The molecule has 1 aliphatic rings. The fourth-order valence-electron chi connectivity index (χ4n) is 3.74. The number of aromatic nitrogens is 2. The van der Waals surface area contributed by atoms with Crippen LogP contribution < -0.4 is 20.1 Å². The first-order chi connectivity index (χ1) is 16.5. The third-order valence-corrected chi connectivity index (χ3v) is 6.64. The summed E-state index contributed by atoms with van der Waals surface area (Å²) >= 11 is 1.51. The normalized spacial score (nSPS) is 13.3. The van der Waals surface area contributed by atoms with Gasteiger partial charge in [-0.3, -0.25) is 9.59 Å². The van der Waals surface area contributed by atoms with Crippen LogP contribution in [0.2, 0.25) is 0 Å². The highest BCUT2D eigenvalue weighted by Crippen LogP contribution is 2.32. The summed E-state index contributed by atoms with van der Waals surface area (Å²) in [5.74, 6) is 0.734. The average Bonchev–Trinajstić information content (AvgIpc) is 3.59. The van der Waals surface area contributed by atoms with Crippen molar-refractivity contribution in [2.45, 2.75) is 26.4 Å². The number of carbonyl (C=O) groups excluding carboxylic acids is 2. The topological polar surface area (TPSA) is 94.5 Å². The SMILES string of the molecule is CC(C)[C@H](NC(=O)c1ccc2nc(-n3cccc3)sc2c1)C(=O)NCc1ccc2c(c1)OCO2. The molecule has 8 nitrogen and oxygen atoms in total. The lowest BCUT2D eigenvalue weighted by molar-refractivity contribution is -0.124. The van der Waals surface area contributed by atoms with Crippen molar-refractivity contribution in [2.24, 2.45) is 5.92 Å². The van der Waals surface area contributed by atoms with Gasteiger partial charge in [0.1, 0.15) is 6.04 Å². The molecule has 0 radical (unpaired) electrons. The van der Waals surface area contributed by atoms with Crippen molar-refractivity contribution >= 4 is 33.4 Å². The Morgan fingerprint density at radius 1 is 1.09 bits per heavy atom. The van der Waals surface area contributed by atoms with E-state index in [0.717, 1.165) is 20.9 Å². The van der Waals surface area contributed by atoms with Crippen molar-refractivity contribution in [3.05, 3.63) is 72.1 Å². The first kappa shape index (κ1) is 22.0. The molecule has 174 valence electrons. The minimum Gasteiger partial charge on any atom is -0.454 e. The van der Waals surface area contributed by atoms with Gasteiger partial charge in [0, 0.05) is 24.5 Å². The number of amides is 2. The van der Waals surface area contributed by atoms with Crippen molar-refractivity contribution in [2.75, 3.05) is 6.79 Å². The van der Waals surface area contributed by atoms with E-state index in [2.05, 4.69) is 15.6 Å². The molecule has 2 amide bonds. The van der Waals surface area contributed by atoms with Crippen LogP contribution >= 0.6 is 11.3 Å². The van der Waals surface area contributed by atoms with Gasteiger partial charge in [0.2, 0.25) is 12.7 Å². The zero-order valence-electron chi connectivity index (χ0n) is 18.8. The van der Waals surface area contributed by atoms with Crippen LogP contribution in [0, 0.1) is 5.92 Å². The maximum absolute atomic E-state index is 13.0. The van der Waals surface area contributed by atoms with Gasteiger partial charge in [-0.2, -0.15) is 0 Å². The summed E-state index contributed by atoms with van der Waals surface area (Å²) in [6.07, 6.45) is 3.86. The molecule has 34 heavy (non-hydrogen) atoms. The molecule has 1 aliphatic heterocycles.